The van der Waals surface area contributed by atoms with E-state index in [0.29, 0.717) is 21.4 Å². The summed E-state index contributed by atoms with van der Waals surface area (Å²) in [7, 11) is 3.00. The van der Waals surface area contributed by atoms with Crippen molar-refractivity contribution in [2.24, 2.45) is 0 Å². The summed E-state index contributed by atoms with van der Waals surface area (Å²) in [6.45, 7) is 7.49. The van der Waals surface area contributed by atoms with Gasteiger partial charge < -0.3 is 25.9 Å². The summed E-state index contributed by atoms with van der Waals surface area (Å²) in [5.41, 5.74) is 1.02. The molecule has 136 valence electrons. The number of rotatable bonds is 5. The van der Waals surface area contributed by atoms with Crippen molar-refractivity contribution >= 4 is 67.4 Å². The van der Waals surface area contributed by atoms with Gasteiger partial charge in [-0.15, -0.1) is 0 Å². The van der Waals surface area contributed by atoms with E-state index < -0.39 is 6.16 Å². The Bertz CT molecular complexity index is 470. The van der Waals surface area contributed by atoms with Gasteiger partial charge in [-0.25, -0.2) is 4.79 Å². The van der Waals surface area contributed by atoms with Crippen LogP contribution in [-0.4, -0.2) is 27.0 Å². The molecule has 0 bridgehead atoms. The van der Waals surface area contributed by atoms with Crippen LogP contribution in [0.4, 0.5) is 4.79 Å². The predicted molar refractivity (Wildman–Crippen MR) is 113 cm³/mol. The van der Waals surface area contributed by atoms with Crippen LogP contribution in [0.3, 0.4) is 0 Å². The van der Waals surface area contributed by atoms with Crippen molar-refractivity contribution in [3.63, 3.8) is 0 Å². The van der Waals surface area contributed by atoms with Crippen molar-refractivity contribution in [1.82, 2.24) is 0 Å². The minimum absolute atomic E-state index is 0.00641. The second-order valence-corrected chi connectivity index (χ2v) is 30.6. The SMILES string of the molecule is [CH2-]COC(=O)Oc1c(OC)cc(C(C)C)cc1OC.[I][Co]([I])[I]. The number of ether oxygens (including phenoxy) is 4. The summed E-state index contributed by atoms with van der Waals surface area (Å²) in [4.78, 5) is 11.4. The Hall–Kier alpha value is 0.786. The summed E-state index contributed by atoms with van der Waals surface area (Å²) in [5.74, 6) is 1.34. The molecule has 0 fully saturated rings. The Morgan fingerprint density at radius 2 is 1.61 bits per heavy atom. The van der Waals surface area contributed by atoms with E-state index in [1.807, 2.05) is 13.8 Å². The third-order valence-electron chi connectivity index (χ3n) is 2.55. The van der Waals surface area contributed by atoms with E-state index in [1.54, 1.807) is 12.1 Å². The molecule has 1 aromatic carbocycles. The first kappa shape index (κ1) is 23.8. The molecule has 0 unspecified atom stereocenters. The van der Waals surface area contributed by atoms with Gasteiger partial charge in [0.25, 0.3) is 0 Å². The average molecular weight is 707 g/mol. The van der Waals surface area contributed by atoms with Gasteiger partial charge in [0.15, 0.2) is 11.5 Å². The van der Waals surface area contributed by atoms with Crippen LogP contribution < -0.4 is 14.2 Å². The first-order chi connectivity index (χ1) is 10.8. The van der Waals surface area contributed by atoms with E-state index in [9.17, 15) is 4.79 Å². The fraction of sp³-hybridized carbons (Fsp3) is 0.429. The van der Waals surface area contributed by atoms with Gasteiger partial charge in [-0.05, 0) is 30.2 Å². The molecule has 1 aromatic rings. The summed E-state index contributed by atoms with van der Waals surface area (Å²) < 4.78 is 20.5. The predicted octanol–water partition coefficient (Wildman–Crippen LogP) is 5.83. The van der Waals surface area contributed by atoms with Gasteiger partial charge in [0, 0.05) is 0 Å². The van der Waals surface area contributed by atoms with Crippen LogP contribution >= 0.6 is 61.2 Å². The van der Waals surface area contributed by atoms with Crippen LogP contribution in [-0.2, 0) is 8.74 Å². The van der Waals surface area contributed by atoms with Gasteiger partial charge in [0.1, 0.15) is 0 Å². The van der Waals surface area contributed by atoms with Crippen LogP contribution in [0.25, 0.3) is 0 Å². The van der Waals surface area contributed by atoms with E-state index in [-0.39, 0.29) is 12.4 Å². The molecule has 0 saturated heterocycles. The third-order valence-corrected chi connectivity index (χ3v) is 2.55. The molecule has 0 aliphatic heterocycles. The van der Waals surface area contributed by atoms with Crippen molar-refractivity contribution in [3.8, 4) is 17.2 Å². The van der Waals surface area contributed by atoms with Gasteiger partial charge in [-0.3, -0.25) is 0 Å². The number of carbonyl (C=O) groups excluding carboxylic acids is 1. The quantitative estimate of drug-likeness (QED) is 0.167. The summed E-state index contributed by atoms with van der Waals surface area (Å²) in [6.07, 6.45) is -0.844. The Balaban J connectivity index is 0.00000108. The normalized spacial score (nSPS) is 10.4. The number of hydrogen-bond donors (Lipinski definition) is 0. The molecule has 1 rings (SSSR count). The van der Waals surface area contributed by atoms with Gasteiger partial charge in [-0.1, -0.05) is 13.8 Å². The van der Waals surface area contributed by atoms with E-state index in [2.05, 4.69) is 72.9 Å². The van der Waals surface area contributed by atoms with Crippen molar-refractivity contribution in [3.05, 3.63) is 24.6 Å². The number of halogens is 3. The zero-order valence-electron chi connectivity index (χ0n) is 13.2. The van der Waals surface area contributed by atoms with Crippen LogP contribution in [0, 0.1) is 6.92 Å². The minimum atomic E-state index is -0.844. The molecule has 0 aromatic heterocycles. The van der Waals surface area contributed by atoms with Gasteiger partial charge >= 0.3 is 71.4 Å². The summed E-state index contributed by atoms with van der Waals surface area (Å²) in [6, 6.07) is 3.61. The Kier molecular flexibility index (Phi) is 13.5. The molecule has 0 atom stereocenters. The topological polar surface area (TPSA) is 54.0 Å². The number of carbonyl (C=O) groups is 1. The van der Waals surface area contributed by atoms with E-state index in [0.717, 1.165) is 5.56 Å². The monoisotopic (exact) mass is 707 g/mol. The molecular formula is C14H19CoI3O5-. The molecule has 0 aliphatic rings. The third kappa shape index (κ3) is 9.74. The van der Waals surface area contributed by atoms with Crippen molar-refractivity contribution in [2.75, 3.05) is 20.8 Å². The molecule has 23 heavy (non-hydrogen) atoms. The molecule has 0 amide bonds. The molecule has 0 heterocycles. The Morgan fingerprint density at radius 3 is 1.91 bits per heavy atom. The second kappa shape index (κ2) is 13.1. The van der Waals surface area contributed by atoms with Crippen LogP contribution in [0.1, 0.15) is 25.3 Å². The van der Waals surface area contributed by atoms with Gasteiger partial charge in [0.2, 0.25) is 5.75 Å². The first-order valence-corrected chi connectivity index (χ1v) is 16.4. The summed E-state index contributed by atoms with van der Waals surface area (Å²) >= 11 is 7.14. The van der Waals surface area contributed by atoms with Crippen LogP contribution in [0.15, 0.2) is 12.1 Å². The zero-order valence-corrected chi connectivity index (χ0v) is 20.7. The average Bonchev–Trinajstić information content (AvgIpc) is 2.46. The molecule has 0 saturated carbocycles. The molecule has 0 spiro atoms. The maximum atomic E-state index is 11.4. The van der Waals surface area contributed by atoms with Crippen molar-refractivity contribution in [2.45, 2.75) is 19.8 Å². The first-order valence-electron chi connectivity index (χ1n) is 6.31. The zero-order chi connectivity index (χ0) is 18.0. The van der Waals surface area contributed by atoms with E-state index in [4.69, 9.17) is 14.2 Å². The standard InChI is InChI=1S/C14H19O5.Co.3HI/c1-6-18-14(15)19-13-11(16-4)7-10(9(2)3)8-12(13)17-5;;;;/h7-9H,1,6H2,2-5H3;;3*1H/q-1;+3;;;/p-3. The molecule has 9 heteroatoms. The van der Waals surface area contributed by atoms with Crippen LogP contribution in [0.5, 0.6) is 17.2 Å². The maximum absolute atomic E-state index is 11.4. The van der Waals surface area contributed by atoms with Crippen LogP contribution in [0.2, 0.25) is 0 Å². The number of benzene rings is 1. The molecule has 5 nitrogen and oxygen atoms in total. The summed E-state index contributed by atoms with van der Waals surface area (Å²) in [5, 5.41) is 0. The second-order valence-electron chi connectivity index (χ2n) is 4.25. The Labute approximate surface area is 175 Å². The Morgan fingerprint density at radius 1 is 1.17 bits per heavy atom. The molecular weight excluding hydrogens is 688 g/mol. The van der Waals surface area contributed by atoms with E-state index >= 15 is 0 Å². The van der Waals surface area contributed by atoms with E-state index in [1.165, 1.54) is 14.2 Å². The fourth-order valence-corrected chi connectivity index (χ4v) is 1.53. The van der Waals surface area contributed by atoms with Gasteiger partial charge in [0.05, 0.1) is 14.2 Å². The van der Waals surface area contributed by atoms with Gasteiger partial charge in [-0.2, -0.15) is 0 Å². The molecule has 0 N–H and O–H groups in total. The fourth-order valence-electron chi connectivity index (χ4n) is 1.53. The van der Waals surface area contributed by atoms with Crippen molar-refractivity contribution in [1.29, 1.82) is 0 Å². The molecule has 0 aliphatic carbocycles. The van der Waals surface area contributed by atoms with Crippen molar-refractivity contribution < 1.29 is 27.7 Å². The number of hydrogen-bond acceptors (Lipinski definition) is 5. The molecule has 0 radical (unpaired) electrons. The number of methoxy groups -OCH3 is 2.